The van der Waals surface area contributed by atoms with Crippen LogP contribution >= 0.6 is 11.6 Å². The fourth-order valence-electron chi connectivity index (χ4n) is 4.35. The molecule has 4 nitrogen and oxygen atoms in total. The quantitative estimate of drug-likeness (QED) is 0.884. The molecule has 2 aromatic rings. The number of ether oxygens (including phenoxy) is 1. The molecule has 0 radical (unpaired) electrons. The number of halogens is 1. The Morgan fingerprint density at radius 1 is 1.22 bits per heavy atom. The number of aromatic nitrogens is 1. The topological polar surface area (TPSA) is 68.1 Å². The Morgan fingerprint density at radius 2 is 1.96 bits per heavy atom. The van der Waals surface area contributed by atoms with Crippen molar-refractivity contribution < 1.29 is 4.74 Å². The van der Waals surface area contributed by atoms with Crippen LogP contribution in [0.4, 0.5) is 0 Å². The largest absolute Gasteiger partial charge is 0.488 e. The first kappa shape index (κ1) is 15.0. The highest BCUT2D eigenvalue weighted by molar-refractivity contribution is 6.32. The van der Waals surface area contributed by atoms with Gasteiger partial charge in [0.1, 0.15) is 11.9 Å². The van der Waals surface area contributed by atoms with E-state index in [-0.39, 0.29) is 11.7 Å². The van der Waals surface area contributed by atoms with Crippen LogP contribution in [0.2, 0.25) is 5.02 Å². The van der Waals surface area contributed by atoms with E-state index in [0.717, 1.165) is 18.2 Å². The average molecular weight is 333 g/mol. The second kappa shape index (κ2) is 5.84. The van der Waals surface area contributed by atoms with E-state index in [4.69, 9.17) is 22.1 Å². The van der Waals surface area contributed by atoms with Gasteiger partial charge in [-0.1, -0.05) is 18.0 Å². The van der Waals surface area contributed by atoms with Crippen LogP contribution in [-0.2, 0) is 0 Å². The highest BCUT2D eigenvalue weighted by Gasteiger charge is 2.41. The molecule has 2 fully saturated rings. The molecule has 0 aliphatic heterocycles. The second-order valence-corrected chi connectivity index (χ2v) is 7.35. The first-order valence-electron chi connectivity index (χ1n) is 8.35. The van der Waals surface area contributed by atoms with E-state index in [0.29, 0.717) is 34.0 Å². The monoisotopic (exact) mass is 332 g/mol. The van der Waals surface area contributed by atoms with Crippen LogP contribution < -0.4 is 16.0 Å². The maximum absolute atomic E-state index is 11.9. The number of aromatic amines is 1. The first-order chi connectivity index (χ1) is 11.1. The number of hydrogen-bond acceptors (Lipinski definition) is 3. The molecule has 23 heavy (non-hydrogen) atoms. The minimum absolute atomic E-state index is 0.128. The summed E-state index contributed by atoms with van der Waals surface area (Å²) in [6.45, 7) is 0. The molecule has 122 valence electrons. The third-order valence-electron chi connectivity index (χ3n) is 5.38. The predicted molar refractivity (Wildman–Crippen MR) is 92.0 cm³/mol. The third kappa shape index (κ3) is 2.74. The Balaban J connectivity index is 1.67. The van der Waals surface area contributed by atoms with Gasteiger partial charge in [0.25, 0.3) is 5.56 Å². The van der Waals surface area contributed by atoms with E-state index in [1.54, 1.807) is 12.3 Å². The molecule has 2 aliphatic rings. The molecule has 0 amide bonds. The Morgan fingerprint density at radius 3 is 2.70 bits per heavy atom. The van der Waals surface area contributed by atoms with Crippen LogP contribution in [0.5, 0.6) is 5.75 Å². The standard InChI is InChI=1S/C18H21ClN2O2/c19-15-9-14-10(4-5-21-18(14)22)8-16(15)23-17-11-2-1-3-12(17)7-13(20)6-11/h4-5,8-9,11-13,17H,1-3,6-7,20H2,(H,21,22). The minimum atomic E-state index is -0.128. The van der Waals surface area contributed by atoms with E-state index < -0.39 is 0 Å². The number of hydrogen-bond donors (Lipinski definition) is 2. The van der Waals surface area contributed by atoms with Crippen molar-refractivity contribution in [2.24, 2.45) is 17.6 Å². The Bertz CT molecular complexity index is 774. The van der Waals surface area contributed by atoms with Gasteiger partial charge in [-0.25, -0.2) is 0 Å². The number of nitrogens with one attached hydrogen (secondary N) is 1. The van der Waals surface area contributed by atoms with Gasteiger partial charge < -0.3 is 15.5 Å². The van der Waals surface area contributed by atoms with Gasteiger partial charge in [0.15, 0.2) is 0 Å². The van der Waals surface area contributed by atoms with Gasteiger partial charge >= 0.3 is 0 Å². The summed E-state index contributed by atoms with van der Waals surface area (Å²) in [4.78, 5) is 14.5. The van der Waals surface area contributed by atoms with E-state index >= 15 is 0 Å². The van der Waals surface area contributed by atoms with E-state index in [1.165, 1.54) is 19.3 Å². The van der Waals surface area contributed by atoms with Crippen molar-refractivity contribution in [3.63, 3.8) is 0 Å². The van der Waals surface area contributed by atoms with Crippen molar-refractivity contribution >= 4 is 22.4 Å². The lowest BCUT2D eigenvalue weighted by Crippen LogP contribution is -2.48. The summed E-state index contributed by atoms with van der Waals surface area (Å²) in [6, 6.07) is 5.76. The van der Waals surface area contributed by atoms with Gasteiger partial charge in [0.2, 0.25) is 0 Å². The van der Waals surface area contributed by atoms with Crippen molar-refractivity contribution in [3.05, 3.63) is 39.8 Å². The van der Waals surface area contributed by atoms with E-state index in [9.17, 15) is 4.79 Å². The Kier molecular flexibility index (Phi) is 3.82. The lowest BCUT2D eigenvalue weighted by molar-refractivity contribution is -0.00167. The number of H-pyrrole nitrogens is 1. The summed E-state index contributed by atoms with van der Waals surface area (Å²) >= 11 is 6.38. The Labute approximate surface area is 140 Å². The fourth-order valence-corrected chi connectivity index (χ4v) is 4.56. The lowest BCUT2D eigenvalue weighted by atomic mass is 9.68. The van der Waals surface area contributed by atoms with E-state index in [1.807, 2.05) is 12.1 Å². The molecule has 2 aliphatic carbocycles. The summed E-state index contributed by atoms with van der Waals surface area (Å²) < 4.78 is 6.35. The maximum atomic E-state index is 11.9. The molecule has 1 aromatic carbocycles. The zero-order valence-corrected chi connectivity index (χ0v) is 13.7. The lowest BCUT2D eigenvalue weighted by Gasteiger charge is -2.44. The number of fused-ring (bicyclic) bond motifs is 3. The van der Waals surface area contributed by atoms with Crippen LogP contribution in [0, 0.1) is 11.8 Å². The number of nitrogens with two attached hydrogens (primary N) is 1. The van der Waals surface area contributed by atoms with Crippen molar-refractivity contribution in [1.29, 1.82) is 0 Å². The summed E-state index contributed by atoms with van der Waals surface area (Å²) in [7, 11) is 0. The molecule has 2 saturated carbocycles. The fraction of sp³-hybridized carbons (Fsp3) is 0.500. The molecule has 2 unspecified atom stereocenters. The van der Waals surface area contributed by atoms with Crippen molar-refractivity contribution in [2.75, 3.05) is 0 Å². The second-order valence-electron chi connectivity index (χ2n) is 6.94. The highest BCUT2D eigenvalue weighted by atomic mass is 35.5. The molecule has 4 rings (SSSR count). The normalized spacial score (nSPS) is 30.3. The van der Waals surface area contributed by atoms with Crippen molar-refractivity contribution in [3.8, 4) is 5.75 Å². The van der Waals surface area contributed by atoms with Gasteiger partial charge in [-0.2, -0.15) is 0 Å². The first-order valence-corrected chi connectivity index (χ1v) is 8.73. The van der Waals surface area contributed by atoms with Crippen LogP contribution in [-0.4, -0.2) is 17.1 Å². The summed E-state index contributed by atoms with van der Waals surface area (Å²) in [6.07, 6.45) is 7.54. The summed E-state index contributed by atoms with van der Waals surface area (Å²) in [5.41, 5.74) is 6.05. The van der Waals surface area contributed by atoms with Gasteiger partial charge in [0, 0.05) is 17.6 Å². The molecular weight excluding hydrogens is 312 g/mol. The molecular formula is C18H21ClN2O2. The minimum Gasteiger partial charge on any atom is -0.488 e. The van der Waals surface area contributed by atoms with Gasteiger partial charge in [-0.3, -0.25) is 4.79 Å². The third-order valence-corrected chi connectivity index (χ3v) is 5.67. The predicted octanol–water partition coefficient (Wildman–Crippen LogP) is 3.47. The molecule has 3 N–H and O–H groups in total. The number of benzene rings is 1. The number of rotatable bonds is 2. The van der Waals surface area contributed by atoms with E-state index in [2.05, 4.69) is 4.98 Å². The van der Waals surface area contributed by atoms with Crippen molar-refractivity contribution in [1.82, 2.24) is 4.98 Å². The SMILES string of the molecule is NC1CC2CCCC(C1)C2Oc1cc2cc[nH]c(=O)c2cc1Cl. The van der Waals surface area contributed by atoms with Gasteiger partial charge in [-0.15, -0.1) is 0 Å². The molecule has 2 atom stereocenters. The zero-order chi connectivity index (χ0) is 16.0. The number of pyridine rings is 1. The van der Waals surface area contributed by atoms with Crippen LogP contribution in [0.3, 0.4) is 0 Å². The zero-order valence-electron chi connectivity index (χ0n) is 12.9. The molecule has 2 bridgehead atoms. The van der Waals surface area contributed by atoms with Crippen LogP contribution in [0.15, 0.2) is 29.2 Å². The van der Waals surface area contributed by atoms with Gasteiger partial charge in [0.05, 0.1) is 5.02 Å². The molecule has 5 heteroatoms. The average Bonchev–Trinajstić information content (AvgIpc) is 2.50. The molecule has 0 spiro atoms. The summed E-state index contributed by atoms with van der Waals surface area (Å²) in [5, 5.41) is 1.95. The van der Waals surface area contributed by atoms with Gasteiger partial charge in [-0.05, 0) is 61.1 Å². The summed E-state index contributed by atoms with van der Waals surface area (Å²) in [5.74, 6) is 1.72. The Hall–Kier alpha value is -1.52. The highest BCUT2D eigenvalue weighted by Crippen LogP contribution is 2.43. The van der Waals surface area contributed by atoms with Crippen molar-refractivity contribution in [2.45, 2.75) is 44.2 Å². The molecule has 1 heterocycles. The molecule has 1 aromatic heterocycles. The van der Waals surface area contributed by atoms with Crippen LogP contribution in [0.1, 0.15) is 32.1 Å². The smallest absolute Gasteiger partial charge is 0.255 e. The maximum Gasteiger partial charge on any atom is 0.255 e. The van der Waals surface area contributed by atoms with Crippen LogP contribution in [0.25, 0.3) is 10.8 Å². The molecule has 0 saturated heterocycles.